The van der Waals surface area contributed by atoms with Crippen molar-refractivity contribution in [2.24, 2.45) is 0 Å². The number of carbonyl (C=O) groups is 1. The second-order valence-electron chi connectivity index (χ2n) is 3.71. The maximum Gasteiger partial charge on any atom is 0.341 e. The number of pyridine rings is 1. The first-order valence-electron chi connectivity index (χ1n) is 5.39. The van der Waals surface area contributed by atoms with Gasteiger partial charge in [-0.2, -0.15) is 0 Å². The van der Waals surface area contributed by atoms with Crippen LogP contribution in [0, 0.1) is 0 Å². The SMILES string of the molecule is CC(Nc1ncncc1C(=O)O)c1ccccn1. The summed E-state index contributed by atoms with van der Waals surface area (Å²) in [6.07, 6.45) is 4.26. The Kier molecular flexibility index (Phi) is 3.47. The normalized spacial score (nSPS) is 11.8. The molecule has 0 fully saturated rings. The zero-order valence-electron chi connectivity index (χ0n) is 9.74. The van der Waals surface area contributed by atoms with Crippen LogP contribution in [0.3, 0.4) is 0 Å². The fourth-order valence-corrected chi connectivity index (χ4v) is 1.51. The molecular formula is C12H12N4O2. The molecule has 0 saturated heterocycles. The van der Waals surface area contributed by atoms with Gasteiger partial charge in [0.15, 0.2) is 0 Å². The molecule has 0 aliphatic heterocycles. The van der Waals surface area contributed by atoms with Gasteiger partial charge in [0, 0.05) is 12.4 Å². The molecule has 18 heavy (non-hydrogen) atoms. The molecule has 1 atom stereocenters. The van der Waals surface area contributed by atoms with Crippen LogP contribution in [0.4, 0.5) is 5.82 Å². The lowest BCUT2D eigenvalue weighted by Gasteiger charge is -2.14. The van der Waals surface area contributed by atoms with Crippen LogP contribution in [-0.4, -0.2) is 26.0 Å². The number of hydrogen-bond acceptors (Lipinski definition) is 5. The van der Waals surface area contributed by atoms with Crippen molar-refractivity contribution in [3.05, 3.63) is 48.2 Å². The van der Waals surface area contributed by atoms with Gasteiger partial charge in [0.05, 0.1) is 11.7 Å². The Hall–Kier alpha value is -2.50. The van der Waals surface area contributed by atoms with Crippen LogP contribution in [0.1, 0.15) is 29.0 Å². The molecule has 0 spiro atoms. The monoisotopic (exact) mass is 244 g/mol. The number of anilines is 1. The zero-order valence-corrected chi connectivity index (χ0v) is 9.74. The summed E-state index contributed by atoms with van der Waals surface area (Å²) in [6, 6.07) is 5.42. The van der Waals surface area contributed by atoms with E-state index in [2.05, 4.69) is 20.3 Å². The molecule has 6 nitrogen and oxygen atoms in total. The molecule has 2 aromatic rings. The summed E-state index contributed by atoms with van der Waals surface area (Å²) in [6.45, 7) is 1.88. The molecule has 2 aromatic heterocycles. The van der Waals surface area contributed by atoms with Crippen LogP contribution < -0.4 is 5.32 Å². The summed E-state index contributed by atoms with van der Waals surface area (Å²) in [5.41, 5.74) is 0.854. The highest BCUT2D eigenvalue weighted by Crippen LogP contribution is 2.18. The Morgan fingerprint density at radius 3 is 2.89 bits per heavy atom. The number of hydrogen-bond donors (Lipinski definition) is 2. The molecule has 0 aliphatic rings. The number of aromatic carboxylic acids is 1. The van der Waals surface area contributed by atoms with Crippen LogP contribution in [0.25, 0.3) is 0 Å². The Morgan fingerprint density at radius 1 is 1.39 bits per heavy atom. The maximum absolute atomic E-state index is 11.0. The van der Waals surface area contributed by atoms with E-state index in [-0.39, 0.29) is 17.4 Å². The third kappa shape index (κ3) is 2.60. The lowest BCUT2D eigenvalue weighted by atomic mass is 10.2. The molecule has 0 aromatic carbocycles. The largest absolute Gasteiger partial charge is 0.477 e. The summed E-state index contributed by atoms with van der Waals surface area (Å²) in [5.74, 6) is -0.776. The van der Waals surface area contributed by atoms with E-state index >= 15 is 0 Å². The van der Waals surface area contributed by atoms with E-state index in [4.69, 9.17) is 5.11 Å². The van der Waals surface area contributed by atoms with E-state index in [0.717, 1.165) is 5.69 Å². The van der Waals surface area contributed by atoms with Gasteiger partial charge in [0.1, 0.15) is 17.7 Å². The topological polar surface area (TPSA) is 88.0 Å². The highest BCUT2D eigenvalue weighted by molar-refractivity contribution is 5.92. The smallest absolute Gasteiger partial charge is 0.341 e. The molecule has 2 rings (SSSR count). The highest BCUT2D eigenvalue weighted by Gasteiger charge is 2.14. The minimum atomic E-state index is -1.06. The lowest BCUT2D eigenvalue weighted by molar-refractivity contribution is 0.0697. The molecule has 0 bridgehead atoms. The number of nitrogens with zero attached hydrogens (tertiary/aromatic N) is 3. The summed E-state index contributed by atoms with van der Waals surface area (Å²) >= 11 is 0. The van der Waals surface area contributed by atoms with Crippen LogP contribution in [0.2, 0.25) is 0 Å². The highest BCUT2D eigenvalue weighted by atomic mass is 16.4. The first-order chi connectivity index (χ1) is 8.68. The number of aromatic nitrogens is 3. The van der Waals surface area contributed by atoms with Gasteiger partial charge >= 0.3 is 5.97 Å². The van der Waals surface area contributed by atoms with Gasteiger partial charge in [0.2, 0.25) is 0 Å². The van der Waals surface area contributed by atoms with Gasteiger partial charge in [-0.25, -0.2) is 14.8 Å². The first-order valence-corrected chi connectivity index (χ1v) is 5.39. The third-order valence-electron chi connectivity index (χ3n) is 2.43. The second-order valence-corrected chi connectivity index (χ2v) is 3.71. The molecule has 6 heteroatoms. The predicted octanol–water partition coefficient (Wildman–Crippen LogP) is 1.74. The Balaban J connectivity index is 2.22. The number of nitrogens with one attached hydrogen (secondary N) is 1. The van der Waals surface area contributed by atoms with E-state index in [1.54, 1.807) is 6.20 Å². The van der Waals surface area contributed by atoms with Gasteiger partial charge in [-0.15, -0.1) is 0 Å². The summed E-state index contributed by atoms with van der Waals surface area (Å²) in [5, 5.41) is 12.0. The molecule has 2 N–H and O–H groups in total. The first kappa shape index (κ1) is 12.0. The van der Waals surface area contributed by atoms with Crippen LogP contribution in [0.15, 0.2) is 36.9 Å². The molecule has 1 unspecified atom stereocenters. The minimum absolute atomic E-state index is 0.0419. The second kappa shape index (κ2) is 5.22. The van der Waals surface area contributed by atoms with E-state index < -0.39 is 5.97 Å². The molecule has 0 radical (unpaired) electrons. The molecule has 0 aliphatic carbocycles. The zero-order chi connectivity index (χ0) is 13.0. The van der Waals surface area contributed by atoms with E-state index in [1.807, 2.05) is 25.1 Å². The van der Waals surface area contributed by atoms with Crippen molar-refractivity contribution >= 4 is 11.8 Å². The van der Waals surface area contributed by atoms with Gasteiger partial charge in [-0.05, 0) is 19.1 Å². The predicted molar refractivity (Wildman–Crippen MR) is 65.3 cm³/mol. The average Bonchev–Trinajstić information content (AvgIpc) is 2.40. The van der Waals surface area contributed by atoms with E-state index in [1.165, 1.54) is 12.5 Å². The van der Waals surface area contributed by atoms with Gasteiger partial charge in [0.25, 0.3) is 0 Å². The minimum Gasteiger partial charge on any atom is -0.477 e. The Morgan fingerprint density at radius 2 is 2.22 bits per heavy atom. The standard InChI is InChI=1S/C12H12N4O2/c1-8(10-4-2-3-5-14-10)16-11-9(12(17)18)6-13-7-15-11/h2-8H,1H3,(H,17,18)(H,13,15,16). The molecule has 2 heterocycles. The molecular weight excluding hydrogens is 232 g/mol. The number of carboxylic acids is 1. The Labute approximate surface area is 104 Å². The van der Waals surface area contributed by atoms with Crippen LogP contribution >= 0.6 is 0 Å². The van der Waals surface area contributed by atoms with Crippen molar-refractivity contribution in [2.75, 3.05) is 5.32 Å². The van der Waals surface area contributed by atoms with E-state index in [0.29, 0.717) is 0 Å². The van der Waals surface area contributed by atoms with Crippen LogP contribution in [0.5, 0.6) is 0 Å². The van der Waals surface area contributed by atoms with Crippen molar-refractivity contribution in [1.29, 1.82) is 0 Å². The average molecular weight is 244 g/mol. The third-order valence-corrected chi connectivity index (χ3v) is 2.43. The van der Waals surface area contributed by atoms with Crippen molar-refractivity contribution in [1.82, 2.24) is 15.0 Å². The lowest BCUT2D eigenvalue weighted by Crippen LogP contribution is -2.13. The van der Waals surface area contributed by atoms with Gasteiger partial charge in [-0.3, -0.25) is 4.98 Å². The maximum atomic E-state index is 11.0. The van der Waals surface area contributed by atoms with E-state index in [9.17, 15) is 4.79 Å². The molecule has 92 valence electrons. The summed E-state index contributed by atoms with van der Waals surface area (Å²) in [7, 11) is 0. The Bertz CT molecular complexity index is 545. The van der Waals surface area contributed by atoms with Crippen molar-refractivity contribution < 1.29 is 9.90 Å². The molecule has 0 amide bonds. The number of carboxylic acid groups (broad SMARTS) is 1. The fourth-order valence-electron chi connectivity index (χ4n) is 1.51. The van der Waals surface area contributed by atoms with Crippen molar-refractivity contribution in [3.8, 4) is 0 Å². The molecule has 0 saturated carbocycles. The van der Waals surface area contributed by atoms with Crippen molar-refractivity contribution in [2.45, 2.75) is 13.0 Å². The fraction of sp³-hybridized carbons (Fsp3) is 0.167. The van der Waals surface area contributed by atoms with Gasteiger partial charge in [-0.1, -0.05) is 6.07 Å². The van der Waals surface area contributed by atoms with Crippen molar-refractivity contribution in [3.63, 3.8) is 0 Å². The number of rotatable bonds is 4. The van der Waals surface area contributed by atoms with Gasteiger partial charge < -0.3 is 10.4 Å². The summed E-state index contributed by atoms with van der Waals surface area (Å²) < 4.78 is 0. The summed E-state index contributed by atoms with van der Waals surface area (Å²) in [4.78, 5) is 22.8. The van der Waals surface area contributed by atoms with Crippen LogP contribution in [-0.2, 0) is 0 Å². The quantitative estimate of drug-likeness (QED) is 0.851.